The zero-order valence-electron chi connectivity index (χ0n) is 10.9. The van der Waals surface area contributed by atoms with Crippen molar-refractivity contribution in [1.82, 2.24) is 4.90 Å². The molecule has 1 aliphatic heterocycles. The molecular formula is C15H21NO. The molecule has 3 rings (SSSR count). The van der Waals surface area contributed by atoms with E-state index in [0.29, 0.717) is 11.7 Å². The quantitative estimate of drug-likeness (QED) is 0.741. The number of phenolic OH excluding ortho intramolecular Hbond substituents is 1. The Kier molecular flexibility index (Phi) is 2.27. The molecule has 2 heteroatoms. The summed E-state index contributed by atoms with van der Waals surface area (Å²) in [7, 11) is 2.21. The molecule has 0 unspecified atom stereocenters. The number of piperidine rings is 1. The highest BCUT2D eigenvalue weighted by molar-refractivity contribution is 5.43. The summed E-state index contributed by atoms with van der Waals surface area (Å²) < 4.78 is 0. The summed E-state index contributed by atoms with van der Waals surface area (Å²) in [6.07, 6.45) is 1.16. The van der Waals surface area contributed by atoms with Crippen LogP contribution in [0.2, 0.25) is 0 Å². The van der Waals surface area contributed by atoms with Crippen molar-refractivity contribution in [2.75, 3.05) is 20.1 Å². The van der Waals surface area contributed by atoms with Gasteiger partial charge in [0.05, 0.1) is 0 Å². The maximum Gasteiger partial charge on any atom is 0.115 e. The Morgan fingerprint density at radius 1 is 1.41 bits per heavy atom. The van der Waals surface area contributed by atoms with Crippen LogP contribution in [0.4, 0.5) is 0 Å². The molecule has 17 heavy (non-hydrogen) atoms. The van der Waals surface area contributed by atoms with E-state index >= 15 is 0 Å². The first-order chi connectivity index (χ1) is 8.00. The summed E-state index contributed by atoms with van der Waals surface area (Å²) in [5, 5.41) is 9.74. The molecule has 0 spiro atoms. The third-order valence-corrected chi connectivity index (χ3v) is 5.05. The molecule has 1 N–H and O–H groups in total. The first-order valence-electron chi connectivity index (χ1n) is 6.51. The molecule has 1 aromatic carbocycles. The molecule has 1 aromatic rings. The number of phenols is 1. The molecule has 2 nitrogen and oxygen atoms in total. The van der Waals surface area contributed by atoms with Crippen molar-refractivity contribution < 1.29 is 5.11 Å². The van der Waals surface area contributed by atoms with E-state index in [2.05, 4.69) is 31.9 Å². The number of hydrogen-bond acceptors (Lipinski definition) is 2. The minimum Gasteiger partial charge on any atom is -0.508 e. The first kappa shape index (κ1) is 11.1. The molecule has 1 heterocycles. The largest absolute Gasteiger partial charge is 0.508 e. The first-order valence-corrected chi connectivity index (χ1v) is 6.51. The van der Waals surface area contributed by atoms with Crippen LogP contribution < -0.4 is 0 Å². The Balaban J connectivity index is 2.16. The number of fused-ring (bicyclic) bond motifs is 4. The molecule has 1 fully saturated rings. The van der Waals surface area contributed by atoms with Gasteiger partial charge < -0.3 is 10.0 Å². The maximum absolute atomic E-state index is 9.74. The zero-order valence-corrected chi connectivity index (χ0v) is 10.9. The lowest BCUT2D eigenvalue weighted by molar-refractivity contribution is 0.0574. The average molecular weight is 231 g/mol. The summed E-state index contributed by atoms with van der Waals surface area (Å²) in [6.45, 7) is 7.04. The Bertz CT molecular complexity index is 456. The Labute approximate surface area is 103 Å². The SMILES string of the molecule is C[C@H]1[C@H]2Cc3ccc(O)cc3[C@]1(C)CN(C)C2. The van der Waals surface area contributed by atoms with Crippen molar-refractivity contribution in [3.05, 3.63) is 29.3 Å². The second kappa shape index (κ2) is 3.49. The van der Waals surface area contributed by atoms with Gasteiger partial charge in [-0.1, -0.05) is 19.9 Å². The van der Waals surface area contributed by atoms with Crippen LogP contribution >= 0.6 is 0 Å². The van der Waals surface area contributed by atoms with E-state index in [1.54, 1.807) is 0 Å². The Morgan fingerprint density at radius 2 is 2.18 bits per heavy atom. The number of likely N-dealkylation sites (tertiary alicyclic amines) is 1. The van der Waals surface area contributed by atoms with Crippen molar-refractivity contribution in [2.45, 2.75) is 25.7 Å². The normalized spacial score (nSPS) is 36.6. The van der Waals surface area contributed by atoms with Gasteiger partial charge in [-0.05, 0) is 48.6 Å². The van der Waals surface area contributed by atoms with Crippen LogP contribution in [0.3, 0.4) is 0 Å². The third kappa shape index (κ3) is 1.50. The molecule has 92 valence electrons. The van der Waals surface area contributed by atoms with E-state index in [1.165, 1.54) is 17.7 Å². The summed E-state index contributed by atoms with van der Waals surface area (Å²) in [5.74, 6) is 1.87. The number of likely N-dealkylation sites (N-methyl/N-ethyl adjacent to an activating group) is 1. The zero-order chi connectivity index (χ0) is 12.2. The Hall–Kier alpha value is -1.02. The Morgan fingerprint density at radius 3 is 2.94 bits per heavy atom. The van der Waals surface area contributed by atoms with Crippen LogP contribution in [-0.2, 0) is 11.8 Å². The van der Waals surface area contributed by atoms with Crippen molar-refractivity contribution in [1.29, 1.82) is 0 Å². The fraction of sp³-hybridized carbons (Fsp3) is 0.600. The number of nitrogens with zero attached hydrogens (tertiary/aromatic N) is 1. The number of aromatic hydroxyl groups is 1. The lowest BCUT2D eigenvalue weighted by atomic mass is 9.58. The highest BCUT2D eigenvalue weighted by Crippen LogP contribution is 2.48. The van der Waals surface area contributed by atoms with E-state index in [9.17, 15) is 5.11 Å². The number of rotatable bonds is 0. The van der Waals surface area contributed by atoms with Gasteiger partial charge in [-0.25, -0.2) is 0 Å². The summed E-state index contributed by atoms with van der Waals surface area (Å²) in [4.78, 5) is 2.44. The molecular weight excluding hydrogens is 210 g/mol. The van der Waals surface area contributed by atoms with Crippen LogP contribution in [0.1, 0.15) is 25.0 Å². The van der Waals surface area contributed by atoms with Gasteiger partial charge in [0.25, 0.3) is 0 Å². The van der Waals surface area contributed by atoms with Gasteiger partial charge in [0.15, 0.2) is 0 Å². The fourth-order valence-electron chi connectivity index (χ4n) is 3.98. The molecule has 0 radical (unpaired) electrons. The standard InChI is InChI=1S/C15H21NO/c1-10-12-6-11-4-5-13(17)7-14(11)15(10,2)9-16(3)8-12/h4-5,7,10,12,17H,6,8-9H2,1-3H3/t10-,12-,15+/m0/s1. The van der Waals surface area contributed by atoms with Crippen molar-refractivity contribution in [2.24, 2.45) is 11.8 Å². The third-order valence-electron chi connectivity index (χ3n) is 5.05. The highest BCUT2D eigenvalue weighted by atomic mass is 16.3. The molecule has 3 atom stereocenters. The second-order valence-corrected chi connectivity index (χ2v) is 6.21. The van der Waals surface area contributed by atoms with Crippen molar-refractivity contribution in [3.63, 3.8) is 0 Å². The predicted octanol–water partition coefficient (Wildman–Crippen LogP) is 2.40. The molecule has 0 saturated carbocycles. The van der Waals surface area contributed by atoms with Gasteiger partial charge in [-0.3, -0.25) is 0 Å². The van der Waals surface area contributed by atoms with Crippen molar-refractivity contribution in [3.8, 4) is 5.75 Å². The monoisotopic (exact) mass is 231 g/mol. The minimum absolute atomic E-state index is 0.198. The molecule has 1 saturated heterocycles. The fourth-order valence-corrected chi connectivity index (χ4v) is 3.98. The van der Waals surface area contributed by atoms with Gasteiger partial charge in [-0.15, -0.1) is 0 Å². The maximum atomic E-state index is 9.74. The van der Waals surface area contributed by atoms with Gasteiger partial charge in [0.1, 0.15) is 5.75 Å². The van der Waals surface area contributed by atoms with E-state index in [0.717, 1.165) is 18.9 Å². The summed E-state index contributed by atoms with van der Waals surface area (Å²) in [5.41, 5.74) is 3.01. The summed E-state index contributed by atoms with van der Waals surface area (Å²) in [6, 6.07) is 5.94. The van der Waals surface area contributed by atoms with Crippen LogP contribution in [0.25, 0.3) is 0 Å². The molecule has 0 amide bonds. The van der Waals surface area contributed by atoms with Crippen LogP contribution in [0.5, 0.6) is 5.75 Å². The minimum atomic E-state index is 0.198. The van der Waals surface area contributed by atoms with Gasteiger partial charge in [-0.2, -0.15) is 0 Å². The lowest BCUT2D eigenvalue weighted by Gasteiger charge is -2.53. The van der Waals surface area contributed by atoms with Gasteiger partial charge in [0, 0.05) is 18.5 Å². The van der Waals surface area contributed by atoms with E-state index in [-0.39, 0.29) is 5.41 Å². The lowest BCUT2D eigenvalue weighted by Crippen LogP contribution is -2.55. The predicted molar refractivity (Wildman–Crippen MR) is 69.3 cm³/mol. The summed E-state index contributed by atoms with van der Waals surface area (Å²) >= 11 is 0. The van der Waals surface area contributed by atoms with E-state index in [4.69, 9.17) is 0 Å². The van der Waals surface area contributed by atoms with E-state index < -0.39 is 0 Å². The smallest absolute Gasteiger partial charge is 0.115 e. The van der Waals surface area contributed by atoms with Gasteiger partial charge in [0.2, 0.25) is 0 Å². The molecule has 1 aliphatic carbocycles. The number of benzene rings is 1. The second-order valence-electron chi connectivity index (χ2n) is 6.21. The highest BCUT2D eigenvalue weighted by Gasteiger charge is 2.47. The average Bonchev–Trinajstić information content (AvgIpc) is 2.25. The molecule has 2 aliphatic rings. The van der Waals surface area contributed by atoms with Gasteiger partial charge >= 0.3 is 0 Å². The van der Waals surface area contributed by atoms with Crippen LogP contribution in [0, 0.1) is 11.8 Å². The number of hydrogen-bond donors (Lipinski definition) is 1. The molecule has 0 aromatic heterocycles. The van der Waals surface area contributed by atoms with Crippen LogP contribution in [-0.4, -0.2) is 30.1 Å². The molecule has 2 bridgehead atoms. The van der Waals surface area contributed by atoms with Crippen molar-refractivity contribution >= 4 is 0 Å². The van der Waals surface area contributed by atoms with Crippen LogP contribution in [0.15, 0.2) is 18.2 Å². The topological polar surface area (TPSA) is 23.5 Å². The van der Waals surface area contributed by atoms with E-state index in [1.807, 2.05) is 12.1 Å².